The SMILES string of the molecule is CCC(C(=O)N1CCC(NCc2csc(C(C)(C)C)n2)CC1)c1ccccc1. The lowest BCUT2D eigenvalue weighted by Gasteiger charge is -2.34. The molecule has 0 aliphatic carbocycles. The van der Waals surface area contributed by atoms with E-state index in [-0.39, 0.29) is 17.2 Å². The van der Waals surface area contributed by atoms with E-state index >= 15 is 0 Å². The van der Waals surface area contributed by atoms with Crippen molar-refractivity contribution < 1.29 is 4.79 Å². The Morgan fingerprint density at radius 3 is 2.50 bits per heavy atom. The van der Waals surface area contributed by atoms with Crippen molar-refractivity contribution in [1.82, 2.24) is 15.2 Å². The number of thiazole rings is 1. The topological polar surface area (TPSA) is 45.2 Å². The predicted octanol–water partition coefficient (Wildman–Crippen LogP) is 4.72. The monoisotopic (exact) mass is 399 g/mol. The van der Waals surface area contributed by atoms with Gasteiger partial charge in [0.15, 0.2) is 0 Å². The second kappa shape index (κ2) is 9.19. The third-order valence-corrected chi connectivity index (χ3v) is 6.80. The van der Waals surface area contributed by atoms with E-state index in [0.717, 1.165) is 50.2 Å². The van der Waals surface area contributed by atoms with Gasteiger partial charge >= 0.3 is 0 Å². The molecule has 1 saturated heterocycles. The van der Waals surface area contributed by atoms with Crippen molar-refractivity contribution in [1.29, 1.82) is 0 Å². The van der Waals surface area contributed by atoms with Crippen molar-refractivity contribution in [2.24, 2.45) is 0 Å². The van der Waals surface area contributed by atoms with Gasteiger partial charge in [0.05, 0.1) is 16.6 Å². The number of nitrogens with one attached hydrogen (secondary N) is 1. The number of likely N-dealkylation sites (tertiary alicyclic amines) is 1. The minimum atomic E-state index is -0.0171. The summed E-state index contributed by atoms with van der Waals surface area (Å²) in [4.78, 5) is 19.8. The molecule has 1 atom stereocenters. The summed E-state index contributed by atoms with van der Waals surface area (Å²) < 4.78 is 0. The summed E-state index contributed by atoms with van der Waals surface area (Å²) in [5.41, 5.74) is 2.38. The molecule has 4 nitrogen and oxygen atoms in total. The number of benzene rings is 1. The van der Waals surface area contributed by atoms with Crippen LogP contribution in [-0.4, -0.2) is 34.9 Å². The Balaban J connectivity index is 1.49. The standard InChI is InChI=1S/C23H33N3OS/c1-5-20(17-9-7-6-8-10-17)21(27)26-13-11-18(12-14-26)24-15-19-16-28-22(25-19)23(2,3)4/h6-10,16,18,20,24H,5,11-15H2,1-4H3. The number of hydrogen-bond donors (Lipinski definition) is 1. The number of hydrogen-bond acceptors (Lipinski definition) is 4. The van der Waals surface area contributed by atoms with Crippen LogP contribution in [0.15, 0.2) is 35.7 Å². The van der Waals surface area contributed by atoms with E-state index in [9.17, 15) is 4.79 Å². The number of amides is 1. The van der Waals surface area contributed by atoms with Crippen LogP contribution in [0.2, 0.25) is 0 Å². The van der Waals surface area contributed by atoms with Crippen molar-refractivity contribution in [3.05, 3.63) is 52.0 Å². The summed E-state index contributed by atoms with van der Waals surface area (Å²) in [7, 11) is 0. The molecule has 1 fully saturated rings. The van der Waals surface area contributed by atoms with Gasteiger partial charge in [0, 0.05) is 36.5 Å². The van der Waals surface area contributed by atoms with Gasteiger partial charge in [0.25, 0.3) is 0 Å². The first-order valence-corrected chi connectivity index (χ1v) is 11.3. The fraction of sp³-hybridized carbons (Fsp3) is 0.565. The number of carbonyl (C=O) groups is 1. The molecule has 1 aliphatic heterocycles. The van der Waals surface area contributed by atoms with Crippen LogP contribution in [0.3, 0.4) is 0 Å². The van der Waals surface area contributed by atoms with Crippen LogP contribution in [-0.2, 0) is 16.8 Å². The smallest absolute Gasteiger partial charge is 0.230 e. The Hall–Kier alpha value is -1.72. The van der Waals surface area contributed by atoms with E-state index in [2.05, 4.69) is 55.4 Å². The molecule has 3 rings (SSSR count). The molecule has 0 spiro atoms. The molecule has 152 valence electrons. The van der Waals surface area contributed by atoms with Gasteiger partial charge in [0.1, 0.15) is 0 Å². The molecule has 1 unspecified atom stereocenters. The highest BCUT2D eigenvalue weighted by Crippen LogP contribution is 2.26. The lowest BCUT2D eigenvalue weighted by molar-refractivity contribution is -0.134. The van der Waals surface area contributed by atoms with Gasteiger partial charge in [-0.2, -0.15) is 0 Å². The molecule has 0 saturated carbocycles. The highest BCUT2D eigenvalue weighted by Gasteiger charge is 2.28. The van der Waals surface area contributed by atoms with E-state index in [1.807, 2.05) is 18.2 Å². The minimum absolute atomic E-state index is 0.0171. The number of nitrogens with zero attached hydrogens (tertiary/aromatic N) is 2. The van der Waals surface area contributed by atoms with Gasteiger partial charge in [-0.05, 0) is 24.8 Å². The average Bonchev–Trinajstić information content (AvgIpc) is 3.18. The van der Waals surface area contributed by atoms with Crippen LogP contribution in [0.5, 0.6) is 0 Å². The van der Waals surface area contributed by atoms with Gasteiger partial charge in [-0.25, -0.2) is 4.98 Å². The average molecular weight is 400 g/mol. The minimum Gasteiger partial charge on any atom is -0.342 e. The van der Waals surface area contributed by atoms with Gasteiger partial charge in [0.2, 0.25) is 5.91 Å². The maximum atomic E-state index is 13.0. The van der Waals surface area contributed by atoms with Crippen molar-refractivity contribution in [2.75, 3.05) is 13.1 Å². The number of carbonyl (C=O) groups excluding carboxylic acids is 1. The molecule has 0 bridgehead atoms. The Morgan fingerprint density at radius 1 is 1.25 bits per heavy atom. The Labute approximate surface area is 173 Å². The van der Waals surface area contributed by atoms with E-state index in [1.165, 1.54) is 5.01 Å². The molecular formula is C23H33N3OS. The van der Waals surface area contributed by atoms with Crippen molar-refractivity contribution in [2.45, 2.75) is 70.9 Å². The van der Waals surface area contributed by atoms with Crippen LogP contribution in [0.1, 0.15) is 69.1 Å². The third-order valence-electron chi connectivity index (χ3n) is 5.48. The lowest BCUT2D eigenvalue weighted by Crippen LogP contribution is -2.46. The van der Waals surface area contributed by atoms with Gasteiger partial charge in [-0.3, -0.25) is 4.79 Å². The largest absolute Gasteiger partial charge is 0.342 e. The van der Waals surface area contributed by atoms with Crippen LogP contribution in [0, 0.1) is 0 Å². The molecule has 1 aromatic heterocycles. The summed E-state index contributed by atoms with van der Waals surface area (Å²) in [6.07, 6.45) is 2.86. The predicted molar refractivity (Wildman–Crippen MR) is 117 cm³/mol. The first-order valence-electron chi connectivity index (χ1n) is 10.4. The van der Waals surface area contributed by atoms with Gasteiger partial charge in [-0.15, -0.1) is 11.3 Å². The van der Waals surface area contributed by atoms with Gasteiger partial charge in [-0.1, -0.05) is 58.0 Å². The molecule has 0 radical (unpaired) electrons. The van der Waals surface area contributed by atoms with Crippen molar-refractivity contribution >= 4 is 17.2 Å². The van der Waals surface area contributed by atoms with E-state index in [1.54, 1.807) is 11.3 Å². The van der Waals surface area contributed by atoms with Crippen LogP contribution >= 0.6 is 11.3 Å². The Bertz CT molecular complexity index is 758. The third kappa shape index (κ3) is 5.21. The first-order chi connectivity index (χ1) is 13.4. The zero-order valence-corrected chi connectivity index (χ0v) is 18.4. The molecule has 1 aromatic carbocycles. The van der Waals surface area contributed by atoms with Crippen molar-refractivity contribution in [3.8, 4) is 0 Å². The summed E-state index contributed by atoms with van der Waals surface area (Å²) in [5, 5.41) is 7.00. The second-order valence-corrected chi connectivity index (χ2v) is 9.60. The van der Waals surface area contributed by atoms with E-state index in [0.29, 0.717) is 6.04 Å². The zero-order valence-electron chi connectivity index (χ0n) is 17.6. The maximum Gasteiger partial charge on any atom is 0.230 e. The maximum absolute atomic E-state index is 13.0. The summed E-state index contributed by atoms with van der Waals surface area (Å²) in [6.45, 7) is 11.2. The molecule has 1 aliphatic rings. The lowest BCUT2D eigenvalue weighted by atomic mass is 9.93. The molecular weight excluding hydrogens is 366 g/mol. The zero-order chi connectivity index (χ0) is 20.1. The quantitative estimate of drug-likeness (QED) is 0.765. The Kier molecular flexibility index (Phi) is 6.89. The normalized spacial score (nSPS) is 16.9. The molecule has 2 heterocycles. The molecule has 28 heavy (non-hydrogen) atoms. The van der Waals surface area contributed by atoms with Crippen LogP contribution in [0.4, 0.5) is 0 Å². The number of aromatic nitrogens is 1. The molecule has 1 amide bonds. The summed E-state index contributed by atoms with van der Waals surface area (Å²) in [5.74, 6) is 0.262. The van der Waals surface area contributed by atoms with E-state index < -0.39 is 0 Å². The van der Waals surface area contributed by atoms with Crippen LogP contribution in [0.25, 0.3) is 0 Å². The highest BCUT2D eigenvalue weighted by atomic mass is 32.1. The summed E-state index contributed by atoms with van der Waals surface area (Å²) >= 11 is 1.75. The molecule has 2 aromatic rings. The molecule has 1 N–H and O–H groups in total. The van der Waals surface area contributed by atoms with Crippen molar-refractivity contribution in [3.63, 3.8) is 0 Å². The van der Waals surface area contributed by atoms with Gasteiger partial charge < -0.3 is 10.2 Å². The fourth-order valence-corrected chi connectivity index (χ4v) is 4.65. The highest BCUT2D eigenvalue weighted by molar-refractivity contribution is 7.09. The summed E-state index contributed by atoms with van der Waals surface area (Å²) in [6, 6.07) is 10.6. The molecule has 5 heteroatoms. The fourth-order valence-electron chi connectivity index (χ4n) is 3.74. The van der Waals surface area contributed by atoms with E-state index in [4.69, 9.17) is 4.98 Å². The first kappa shape index (κ1) is 21.0. The number of rotatable bonds is 6. The second-order valence-electron chi connectivity index (χ2n) is 8.75. The number of piperidine rings is 1. The van der Waals surface area contributed by atoms with Crippen LogP contribution < -0.4 is 5.32 Å². The Morgan fingerprint density at radius 2 is 1.93 bits per heavy atom.